The predicted octanol–water partition coefficient (Wildman–Crippen LogP) is 1.92. The summed E-state index contributed by atoms with van der Waals surface area (Å²) in [6, 6.07) is 8.35. The molecule has 3 heteroatoms. The van der Waals surface area contributed by atoms with Crippen LogP contribution < -0.4 is 10.1 Å². The Labute approximate surface area is 95.0 Å². The van der Waals surface area contributed by atoms with E-state index in [1.807, 2.05) is 0 Å². The summed E-state index contributed by atoms with van der Waals surface area (Å²) in [7, 11) is 2.06. The summed E-state index contributed by atoms with van der Waals surface area (Å²) in [4.78, 5) is 0. The largest absolute Gasteiger partial charge is 0.488 e. The molecule has 0 aliphatic carbocycles. The van der Waals surface area contributed by atoms with Gasteiger partial charge in [0.05, 0.1) is 5.52 Å². The minimum Gasteiger partial charge on any atom is -0.488 e. The van der Waals surface area contributed by atoms with Crippen LogP contribution in [0.2, 0.25) is 0 Å². The van der Waals surface area contributed by atoms with Crippen LogP contribution in [0, 0.1) is 0 Å². The number of nitrogens with zero attached hydrogens (tertiary/aromatic N) is 1. The van der Waals surface area contributed by atoms with E-state index in [-0.39, 0.29) is 0 Å². The van der Waals surface area contributed by atoms with Crippen LogP contribution in [0.3, 0.4) is 0 Å². The number of benzene rings is 1. The van der Waals surface area contributed by atoms with E-state index in [4.69, 9.17) is 4.74 Å². The van der Waals surface area contributed by atoms with E-state index < -0.39 is 0 Å². The smallest absolute Gasteiger partial charge is 0.129 e. The Hall–Kier alpha value is -1.48. The Bertz CT molecular complexity index is 498. The lowest BCUT2D eigenvalue weighted by atomic mass is 10.2. The lowest BCUT2D eigenvalue weighted by Gasteiger charge is -2.13. The maximum Gasteiger partial charge on any atom is 0.129 e. The number of ether oxygens (including phenoxy) is 1. The SMILES string of the molecule is Cn1ccc2c(OC3CCNC3)cccc21. The van der Waals surface area contributed by atoms with Gasteiger partial charge in [-0.05, 0) is 31.2 Å². The first kappa shape index (κ1) is 9.73. The van der Waals surface area contributed by atoms with Gasteiger partial charge < -0.3 is 14.6 Å². The second-order valence-corrected chi connectivity index (χ2v) is 4.35. The molecule has 2 aromatic rings. The molecule has 0 saturated carbocycles. The molecule has 2 heterocycles. The third-order valence-electron chi connectivity index (χ3n) is 3.20. The molecule has 84 valence electrons. The minimum atomic E-state index is 0.325. The highest BCUT2D eigenvalue weighted by Gasteiger charge is 2.17. The van der Waals surface area contributed by atoms with E-state index in [9.17, 15) is 0 Å². The monoisotopic (exact) mass is 216 g/mol. The Morgan fingerprint density at radius 3 is 3.12 bits per heavy atom. The summed E-state index contributed by atoms with van der Waals surface area (Å²) in [6.07, 6.45) is 3.50. The van der Waals surface area contributed by atoms with Crippen LogP contribution in [0.5, 0.6) is 5.75 Å². The van der Waals surface area contributed by atoms with Gasteiger partial charge in [0.1, 0.15) is 11.9 Å². The number of aromatic nitrogens is 1. The number of rotatable bonds is 2. The Morgan fingerprint density at radius 1 is 1.38 bits per heavy atom. The van der Waals surface area contributed by atoms with E-state index in [1.54, 1.807) is 0 Å². The second-order valence-electron chi connectivity index (χ2n) is 4.35. The lowest BCUT2D eigenvalue weighted by Crippen LogP contribution is -2.19. The first-order valence-corrected chi connectivity index (χ1v) is 5.76. The predicted molar refractivity (Wildman–Crippen MR) is 64.8 cm³/mol. The van der Waals surface area contributed by atoms with Gasteiger partial charge in [0, 0.05) is 25.2 Å². The van der Waals surface area contributed by atoms with Crippen molar-refractivity contribution in [2.24, 2.45) is 7.05 Å². The van der Waals surface area contributed by atoms with Crippen molar-refractivity contribution >= 4 is 10.9 Å². The highest BCUT2D eigenvalue weighted by Crippen LogP contribution is 2.27. The average Bonchev–Trinajstić information content (AvgIpc) is 2.90. The molecular weight excluding hydrogens is 200 g/mol. The summed E-state index contributed by atoms with van der Waals surface area (Å²) in [5.41, 5.74) is 1.23. The number of hydrogen-bond donors (Lipinski definition) is 1. The minimum absolute atomic E-state index is 0.325. The van der Waals surface area contributed by atoms with Crippen LogP contribution in [0.25, 0.3) is 10.9 Å². The third-order valence-corrected chi connectivity index (χ3v) is 3.20. The molecule has 16 heavy (non-hydrogen) atoms. The zero-order chi connectivity index (χ0) is 11.0. The van der Waals surface area contributed by atoms with Gasteiger partial charge in [0.15, 0.2) is 0 Å². The van der Waals surface area contributed by atoms with Crippen molar-refractivity contribution in [3.05, 3.63) is 30.5 Å². The van der Waals surface area contributed by atoms with Crippen LogP contribution in [0.4, 0.5) is 0 Å². The van der Waals surface area contributed by atoms with Crippen molar-refractivity contribution in [2.75, 3.05) is 13.1 Å². The van der Waals surface area contributed by atoms with Crippen molar-refractivity contribution in [2.45, 2.75) is 12.5 Å². The molecule has 1 unspecified atom stereocenters. The van der Waals surface area contributed by atoms with E-state index in [2.05, 4.69) is 47.4 Å². The van der Waals surface area contributed by atoms with Crippen LogP contribution in [0.15, 0.2) is 30.5 Å². The molecule has 1 aromatic heterocycles. The number of hydrogen-bond acceptors (Lipinski definition) is 2. The van der Waals surface area contributed by atoms with Gasteiger partial charge in [-0.1, -0.05) is 6.07 Å². The van der Waals surface area contributed by atoms with Gasteiger partial charge in [-0.25, -0.2) is 0 Å². The van der Waals surface area contributed by atoms with Crippen LogP contribution in [0.1, 0.15) is 6.42 Å². The molecule has 1 aromatic carbocycles. The van der Waals surface area contributed by atoms with Gasteiger partial charge in [-0.2, -0.15) is 0 Å². The molecule has 1 aliphatic heterocycles. The third kappa shape index (κ3) is 1.57. The Balaban J connectivity index is 1.96. The fraction of sp³-hybridized carbons (Fsp3) is 0.385. The van der Waals surface area contributed by atoms with Crippen molar-refractivity contribution in [1.29, 1.82) is 0 Å². The fourth-order valence-electron chi connectivity index (χ4n) is 2.29. The van der Waals surface area contributed by atoms with Crippen molar-refractivity contribution in [3.8, 4) is 5.75 Å². The number of aryl methyl sites for hydroxylation is 1. The molecule has 1 atom stereocenters. The standard InChI is InChI=1S/C13H16N2O/c1-15-8-6-11-12(15)3-2-4-13(11)16-10-5-7-14-9-10/h2-4,6,8,10,14H,5,7,9H2,1H3. The number of nitrogens with one attached hydrogen (secondary N) is 1. The first-order chi connectivity index (χ1) is 7.84. The topological polar surface area (TPSA) is 26.2 Å². The second kappa shape index (κ2) is 3.83. The lowest BCUT2D eigenvalue weighted by molar-refractivity contribution is 0.226. The molecule has 1 N–H and O–H groups in total. The summed E-state index contributed by atoms with van der Waals surface area (Å²) < 4.78 is 8.15. The number of fused-ring (bicyclic) bond motifs is 1. The van der Waals surface area contributed by atoms with Crippen LogP contribution in [-0.4, -0.2) is 23.8 Å². The summed E-state index contributed by atoms with van der Waals surface area (Å²) in [5, 5.41) is 4.52. The highest BCUT2D eigenvalue weighted by molar-refractivity contribution is 5.86. The highest BCUT2D eigenvalue weighted by atomic mass is 16.5. The van der Waals surface area contributed by atoms with Crippen molar-refractivity contribution in [3.63, 3.8) is 0 Å². The normalized spacial score (nSPS) is 20.4. The van der Waals surface area contributed by atoms with Gasteiger partial charge in [0.25, 0.3) is 0 Å². The average molecular weight is 216 g/mol. The van der Waals surface area contributed by atoms with Gasteiger partial charge >= 0.3 is 0 Å². The summed E-state index contributed by atoms with van der Waals surface area (Å²) in [5.74, 6) is 1.01. The molecule has 1 saturated heterocycles. The molecule has 0 spiro atoms. The Morgan fingerprint density at radius 2 is 2.31 bits per heavy atom. The zero-order valence-corrected chi connectivity index (χ0v) is 9.44. The van der Waals surface area contributed by atoms with E-state index in [1.165, 1.54) is 10.9 Å². The molecule has 3 nitrogen and oxygen atoms in total. The maximum atomic E-state index is 6.03. The zero-order valence-electron chi connectivity index (χ0n) is 9.44. The molecule has 1 fully saturated rings. The molecule has 1 aliphatic rings. The van der Waals surface area contributed by atoms with Crippen molar-refractivity contribution in [1.82, 2.24) is 9.88 Å². The van der Waals surface area contributed by atoms with Gasteiger partial charge in [-0.3, -0.25) is 0 Å². The first-order valence-electron chi connectivity index (χ1n) is 5.76. The van der Waals surface area contributed by atoms with E-state index >= 15 is 0 Å². The van der Waals surface area contributed by atoms with Gasteiger partial charge in [0.2, 0.25) is 0 Å². The van der Waals surface area contributed by atoms with E-state index in [0.717, 1.165) is 25.3 Å². The molecule has 0 amide bonds. The molecular formula is C13H16N2O. The Kier molecular flexibility index (Phi) is 2.33. The summed E-state index contributed by atoms with van der Waals surface area (Å²) in [6.45, 7) is 2.03. The fourth-order valence-corrected chi connectivity index (χ4v) is 2.29. The van der Waals surface area contributed by atoms with Gasteiger partial charge in [-0.15, -0.1) is 0 Å². The molecule has 3 rings (SSSR count). The molecule has 0 bridgehead atoms. The summed E-state index contributed by atoms with van der Waals surface area (Å²) >= 11 is 0. The van der Waals surface area contributed by atoms with Crippen LogP contribution in [-0.2, 0) is 7.05 Å². The van der Waals surface area contributed by atoms with Crippen LogP contribution >= 0.6 is 0 Å². The van der Waals surface area contributed by atoms with E-state index in [0.29, 0.717) is 6.10 Å². The van der Waals surface area contributed by atoms with Crippen molar-refractivity contribution < 1.29 is 4.74 Å². The maximum absolute atomic E-state index is 6.03. The molecule has 0 radical (unpaired) electrons. The quantitative estimate of drug-likeness (QED) is 0.830.